The highest BCUT2D eigenvalue weighted by atomic mass is 35.5. The van der Waals surface area contributed by atoms with Crippen LogP contribution >= 0.6 is 11.6 Å². The molecular formula is C23H22ClF4N5O2. The second-order valence-electron chi connectivity index (χ2n) is 8.65. The highest BCUT2D eigenvalue weighted by molar-refractivity contribution is 6.33. The summed E-state index contributed by atoms with van der Waals surface area (Å²) < 4.78 is 62.2. The van der Waals surface area contributed by atoms with Crippen molar-refractivity contribution in [1.82, 2.24) is 19.3 Å². The number of rotatable bonds is 4. The Morgan fingerprint density at radius 1 is 1.23 bits per heavy atom. The molecule has 2 aromatic heterocycles. The van der Waals surface area contributed by atoms with Crippen LogP contribution in [-0.2, 0) is 30.4 Å². The molecule has 1 unspecified atom stereocenters. The van der Waals surface area contributed by atoms with E-state index < -0.39 is 29.3 Å². The Bertz CT molecular complexity index is 1300. The summed E-state index contributed by atoms with van der Waals surface area (Å²) in [5, 5.41) is 4.32. The molecule has 3 aromatic rings. The third-order valence-corrected chi connectivity index (χ3v) is 6.76. The molecule has 1 saturated heterocycles. The van der Waals surface area contributed by atoms with Crippen LogP contribution < -0.4 is 10.5 Å². The van der Waals surface area contributed by atoms with Gasteiger partial charge in [0.25, 0.3) is 5.56 Å². The van der Waals surface area contributed by atoms with Gasteiger partial charge in [0.1, 0.15) is 10.8 Å². The molecule has 1 aromatic carbocycles. The lowest BCUT2D eigenvalue weighted by Gasteiger charge is -2.30. The van der Waals surface area contributed by atoms with Gasteiger partial charge in [-0.05, 0) is 37.0 Å². The standard InChI is InChI=1S/C23H22ClF4N5O2/c24-21-19(10-30-33(22(21)34)20-3-1-2-8-35-20)31-7-6-18-17(12-31)29-13-32(18)11-14-4-5-15(25)9-16(14)23(26,27)28/h4-5,9-10,13,20H,1-3,6-8,11-12H2. The van der Waals surface area contributed by atoms with Crippen molar-refractivity contribution in [3.63, 3.8) is 0 Å². The van der Waals surface area contributed by atoms with Crippen LogP contribution in [0.25, 0.3) is 0 Å². The van der Waals surface area contributed by atoms with Crippen molar-refractivity contribution in [1.29, 1.82) is 0 Å². The average Bonchev–Trinajstić information content (AvgIpc) is 3.23. The first kappa shape index (κ1) is 23.8. The molecule has 2 aliphatic rings. The molecule has 0 radical (unpaired) electrons. The number of halogens is 5. The van der Waals surface area contributed by atoms with Gasteiger partial charge in [0.05, 0.1) is 36.0 Å². The Morgan fingerprint density at radius 2 is 2.06 bits per heavy atom. The van der Waals surface area contributed by atoms with E-state index in [0.29, 0.717) is 50.0 Å². The van der Waals surface area contributed by atoms with E-state index in [2.05, 4.69) is 10.1 Å². The second-order valence-corrected chi connectivity index (χ2v) is 9.03. The molecule has 0 aliphatic carbocycles. The Balaban J connectivity index is 1.37. The fourth-order valence-corrected chi connectivity index (χ4v) is 4.88. The molecule has 7 nitrogen and oxygen atoms in total. The van der Waals surface area contributed by atoms with Gasteiger partial charge < -0.3 is 14.2 Å². The first-order valence-corrected chi connectivity index (χ1v) is 11.6. The van der Waals surface area contributed by atoms with Crippen molar-refractivity contribution in [2.45, 2.75) is 51.2 Å². The molecule has 2 aliphatic heterocycles. The second kappa shape index (κ2) is 9.27. The van der Waals surface area contributed by atoms with Gasteiger partial charge >= 0.3 is 6.18 Å². The molecule has 0 amide bonds. The molecule has 1 fully saturated rings. The number of alkyl halides is 3. The van der Waals surface area contributed by atoms with Gasteiger partial charge in [0, 0.05) is 31.8 Å². The van der Waals surface area contributed by atoms with Gasteiger partial charge in [0.15, 0.2) is 6.23 Å². The zero-order valence-corrected chi connectivity index (χ0v) is 19.3. The zero-order chi connectivity index (χ0) is 24.7. The fraction of sp³-hybridized carbons (Fsp3) is 0.435. The maximum Gasteiger partial charge on any atom is 0.416 e. The normalized spacial score (nSPS) is 18.5. The van der Waals surface area contributed by atoms with Crippen LogP contribution in [-0.4, -0.2) is 32.5 Å². The third-order valence-electron chi connectivity index (χ3n) is 6.40. The summed E-state index contributed by atoms with van der Waals surface area (Å²) in [6.45, 7) is 1.27. The Labute approximate surface area is 202 Å². The summed E-state index contributed by atoms with van der Waals surface area (Å²) in [7, 11) is 0. The predicted octanol–water partition coefficient (Wildman–Crippen LogP) is 4.56. The van der Waals surface area contributed by atoms with Crippen LogP contribution in [0.15, 0.2) is 35.5 Å². The summed E-state index contributed by atoms with van der Waals surface area (Å²) in [6.07, 6.45) is 0.978. The van der Waals surface area contributed by atoms with Gasteiger partial charge in [-0.1, -0.05) is 17.7 Å². The first-order chi connectivity index (χ1) is 16.7. The Hall–Kier alpha value is -2.92. The van der Waals surface area contributed by atoms with Gasteiger partial charge in [-0.25, -0.2) is 9.37 Å². The van der Waals surface area contributed by atoms with Crippen molar-refractivity contribution < 1.29 is 22.3 Å². The van der Waals surface area contributed by atoms with Crippen LogP contribution in [0.3, 0.4) is 0 Å². The predicted molar refractivity (Wildman–Crippen MR) is 120 cm³/mol. The summed E-state index contributed by atoms with van der Waals surface area (Å²) in [5.41, 5.74) is 0.458. The molecule has 0 bridgehead atoms. The first-order valence-electron chi connectivity index (χ1n) is 11.2. The van der Waals surface area contributed by atoms with Crippen LogP contribution in [0.2, 0.25) is 5.02 Å². The van der Waals surface area contributed by atoms with E-state index in [1.54, 1.807) is 4.57 Å². The van der Waals surface area contributed by atoms with Crippen molar-refractivity contribution in [2.75, 3.05) is 18.1 Å². The number of aromatic nitrogens is 4. The lowest BCUT2D eigenvalue weighted by atomic mass is 10.1. The smallest absolute Gasteiger partial charge is 0.362 e. The summed E-state index contributed by atoms with van der Waals surface area (Å²) >= 11 is 6.43. The van der Waals surface area contributed by atoms with Gasteiger partial charge in [0.2, 0.25) is 0 Å². The highest BCUT2D eigenvalue weighted by Gasteiger charge is 2.34. The maximum atomic E-state index is 13.5. The van der Waals surface area contributed by atoms with E-state index in [-0.39, 0.29) is 17.1 Å². The maximum absolute atomic E-state index is 13.5. The molecular weight excluding hydrogens is 490 g/mol. The number of ether oxygens (including phenoxy) is 1. The van der Waals surface area contributed by atoms with E-state index in [1.807, 2.05) is 4.90 Å². The Kier molecular flexibility index (Phi) is 6.30. The number of imidazole rings is 1. The van der Waals surface area contributed by atoms with Crippen molar-refractivity contribution >= 4 is 17.3 Å². The van der Waals surface area contributed by atoms with E-state index in [4.69, 9.17) is 16.3 Å². The number of hydrogen-bond acceptors (Lipinski definition) is 5. The van der Waals surface area contributed by atoms with Crippen molar-refractivity contribution in [3.05, 3.63) is 74.4 Å². The molecule has 186 valence electrons. The van der Waals surface area contributed by atoms with Crippen LogP contribution in [0.1, 0.15) is 48.0 Å². The molecule has 4 heterocycles. The van der Waals surface area contributed by atoms with Gasteiger partial charge in [-0.3, -0.25) is 4.79 Å². The van der Waals surface area contributed by atoms with Crippen molar-refractivity contribution in [2.24, 2.45) is 0 Å². The van der Waals surface area contributed by atoms with Crippen LogP contribution in [0.4, 0.5) is 23.2 Å². The summed E-state index contributed by atoms with van der Waals surface area (Å²) in [4.78, 5) is 19.1. The Morgan fingerprint density at radius 3 is 2.80 bits per heavy atom. The van der Waals surface area contributed by atoms with E-state index in [1.165, 1.54) is 17.2 Å². The fourth-order valence-electron chi connectivity index (χ4n) is 4.62. The molecule has 35 heavy (non-hydrogen) atoms. The molecule has 1 atom stereocenters. The van der Waals surface area contributed by atoms with Crippen LogP contribution in [0.5, 0.6) is 0 Å². The van der Waals surface area contributed by atoms with Gasteiger partial charge in [-0.15, -0.1) is 0 Å². The van der Waals surface area contributed by atoms with E-state index in [0.717, 1.165) is 30.7 Å². The lowest BCUT2D eigenvalue weighted by molar-refractivity contribution is -0.138. The molecule has 5 rings (SSSR count). The zero-order valence-electron chi connectivity index (χ0n) is 18.6. The SMILES string of the molecule is O=c1c(Cl)c(N2CCc3c(ncn3Cc3ccc(F)cc3C(F)(F)F)C2)cnn1C1CCCCO1. The minimum absolute atomic E-state index is 0.0395. The summed E-state index contributed by atoms with van der Waals surface area (Å²) in [5.74, 6) is -0.938. The monoisotopic (exact) mass is 511 g/mol. The summed E-state index contributed by atoms with van der Waals surface area (Å²) in [6, 6.07) is 2.68. The number of nitrogens with zero attached hydrogens (tertiary/aromatic N) is 5. The number of fused-ring (bicyclic) bond motifs is 1. The molecule has 12 heteroatoms. The van der Waals surface area contributed by atoms with Crippen molar-refractivity contribution in [3.8, 4) is 0 Å². The lowest BCUT2D eigenvalue weighted by Crippen LogP contribution is -2.36. The third kappa shape index (κ3) is 4.66. The molecule has 0 saturated carbocycles. The quantitative estimate of drug-likeness (QED) is 0.480. The minimum Gasteiger partial charge on any atom is -0.362 e. The van der Waals surface area contributed by atoms with Crippen LogP contribution in [0, 0.1) is 5.82 Å². The minimum atomic E-state index is -4.67. The molecule has 0 N–H and O–H groups in total. The van der Waals surface area contributed by atoms with E-state index >= 15 is 0 Å². The highest BCUT2D eigenvalue weighted by Crippen LogP contribution is 2.34. The largest absolute Gasteiger partial charge is 0.416 e. The topological polar surface area (TPSA) is 65.2 Å². The number of benzene rings is 1. The number of hydrogen-bond donors (Lipinski definition) is 0. The number of anilines is 1. The van der Waals surface area contributed by atoms with Gasteiger partial charge in [-0.2, -0.15) is 23.0 Å². The average molecular weight is 512 g/mol. The molecule has 0 spiro atoms. The van der Waals surface area contributed by atoms with E-state index in [9.17, 15) is 22.4 Å².